The zero-order chi connectivity index (χ0) is 18.0. The topological polar surface area (TPSA) is 40.5 Å². The molecular weight excluding hydrogens is 296 g/mol. The molecule has 0 aliphatic heterocycles. The van der Waals surface area contributed by atoms with Crippen molar-refractivity contribution in [1.82, 2.24) is 0 Å². The molecule has 24 heavy (non-hydrogen) atoms. The Morgan fingerprint density at radius 1 is 0.750 bits per heavy atom. The number of aromatic hydroxyl groups is 2. The maximum Gasteiger partial charge on any atom is 0.122 e. The zero-order valence-corrected chi connectivity index (χ0v) is 15.8. The highest BCUT2D eigenvalue weighted by Crippen LogP contribution is 2.43. The number of hydrogen-bond acceptors (Lipinski definition) is 2. The lowest BCUT2D eigenvalue weighted by Crippen LogP contribution is -2.11. The summed E-state index contributed by atoms with van der Waals surface area (Å²) in [4.78, 5) is 0. The van der Waals surface area contributed by atoms with Crippen LogP contribution in [0.2, 0.25) is 0 Å². The Bertz CT molecular complexity index is 670. The molecule has 0 amide bonds. The van der Waals surface area contributed by atoms with E-state index in [1.54, 1.807) is 0 Å². The summed E-state index contributed by atoms with van der Waals surface area (Å²) in [7, 11) is 0. The van der Waals surface area contributed by atoms with Gasteiger partial charge in [0, 0.05) is 17.0 Å². The van der Waals surface area contributed by atoms with E-state index in [1.807, 2.05) is 12.1 Å². The summed E-state index contributed by atoms with van der Waals surface area (Å²) in [6, 6.07) is 8.21. The highest BCUT2D eigenvalue weighted by atomic mass is 16.3. The van der Waals surface area contributed by atoms with Crippen LogP contribution >= 0.6 is 0 Å². The van der Waals surface area contributed by atoms with Gasteiger partial charge in [-0.05, 0) is 43.7 Å². The maximum absolute atomic E-state index is 10.8. The van der Waals surface area contributed by atoms with Crippen molar-refractivity contribution in [3.63, 3.8) is 0 Å². The van der Waals surface area contributed by atoms with Gasteiger partial charge in [-0.3, -0.25) is 0 Å². The molecule has 0 radical (unpaired) electrons. The van der Waals surface area contributed by atoms with Crippen LogP contribution in [0.15, 0.2) is 24.3 Å². The van der Waals surface area contributed by atoms with Gasteiger partial charge in [-0.1, -0.05) is 63.1 Å². The lowest BCUT2D eigenvalue weighted by molar-refractivity contribution is 0.429. The minimum Gasteiger partial charge on any atom is -0.507 e. The highest BCUT2D eigenvalue weighted by Gasteiger charge is 2.26. The first-order valence-electron chi connectivity index (χ1n) is 8.94. The molecule has 2 N–H and O–H groups in total. The van der Waals surface area contributed by atoms with Gasteiger partial charge in [-0.2, -0.15) is 0 Å². The third kappa shape index (κ3) is 3.43. The van der Waals surface area contributed by atoms with Crippen molar-refractivity contribution in [2.45, 2.75) is 60.3 Å². The second-order valence-electron chi connectivity index (χ2n) is 7.15. The van der Waals surface area contributed by atoms with E-state index in [-0.39, 0.29) is 11.8 Å². The fourth-order valence-corrected chi connectivity index (χ4v) is 3.67. The Morgan fingerprint density at radius 2 is 1.12 bits per heavy atom. The molecular formula is C22H30O2. The third-order valence-electron chi connectivity index (χ3n) is 4.82. The van der Waals surface area contributed by atoms with E-state index in [1.165, 1.54) is 0 Å². The molecule has 0 saturated heterocycles. The van der Waals surface area contributed by atoms with Gasteiger partial charge in [0.15, 0.2) is 0 Å². The Balaban J connectivity index is 2.73. The molecule has 2 nitrogen and oxygen atoms in total. The van der Waals surface area contributed by atoms with Crippen LogP contribution in [-0.4, -0.2) is 10.2 Å². The predicted molar refractivity (Wildman–Crippen MR) is 101 cm³/mol. The Labute approximate surface area is 146 Å². The SMILES string of the molecule is CCc1cc(C)cc(C(c2cc(C)cc(CC)c2O)C(C)C)c1O. The molecule has 130 valence electrons. The van der Waals surface area contributed by atoms with Crippen LogP contribution in [0.4, 0.5) is 0 Å². The van der Waals surface area contributed by atoms with Gasteiger partial charge in [0.25, 0.3) is 0 Å². The van der Waals surface area contributed by atoms with E-state index < -0.39 is 0 Å². The monoisotopic (exact) mass is 326 g/mol. The molecule has 0 heterocycles. The summed E-state index contributed by atoms with van der Waals surface area (Å²) in [5.74, 6) is 0.988. The van der Waals surface area contributed by atoms with Gasteiger partial charge in [0.2, 0.25) is 0 Å². The van der Waals surface area contributed by atoms with Gasteiger partial charge < -0.3 is 10.2 Å². The fourth-order valence-electron chi connectivity index (χ4n) is 3.67. The molecule has 0 spiro atoms. The van der Waals surface area contributed by atoms with Crippen LogP contribution in [0.3, 0.4) is 0 Å². The highest BCUT2D eigenvalue weighted by molar-refractivity contribution is 5.54. The second-order valence-corrected chi connectivity index (χ2v) is 7.15. The smallest absolute Gasteiger partial charge is 0.122 e. The summed E-state index contributed by atoms with van der Waals surface area (Å²) in [5, 5.41) is 21.6. The van der Waals surface area contributed by atoms with E-state index in [0.717, 1.165) is 46.2 Å². The average molecular weight is 326 g/mol. The molecule has 0 bridgehead atoms. The third-order valence-corrected chi connectivity index (χ3v) is 4.82. The number of phenolic OH excluding ortho intramolecular Hbond substituents is 2. The van der Waals surface area contributed by atoms with Crippen LogP contribution in [0.5, 0.6) is 11.5 Å². The number of hydrogen-bond donors (Lipinski definition) is 2. The van der Waals surface area contributed by atoms with Gasteiger partial charge >= 0.3 is 0 Å². The maximum atomic E-state index is 10.8. The molecule has 0 atom stereocenters. The fraction of sp³-hybridized carbons (Fsp3) is 0.455. The van der Waals surface area contributed by atoms with Crippen molar-refractivity contribution in [2.24, 2.45) is 5.92 Å². The van der Waals surface area contributed by atoms with Crippen LogP contribution < -0.4 is 0 Å². The van der Waals surface area contributed by atoms with Crippen molar-refractivity contribution in [3.05, 3.63) is 57.6 Å². The molecule has 0 unspecified atom stereocenters. The minimum atomic E-state index is -0.0274. The number of rotatable bonds is 5. The molecule has 0 fully saturated rings. The first-order valence-corrected chi connectivity index (χ1v) is 8.94. The number of phenols is 2. The normalized spacial score (nSPS) is 11.5. The van der Waals surface area contributed by atoms with Gasteiger partial charge in [-0.25, -0.2) is 0 Å². The molecule has 0 aromatic heterocycles. The minimum absolute atomic E-state index is 0.0274. The lowest BCUT2D eigenvalue weighted by atomic mass is 9.79. The quantitative estimate of drug-likeness (QED) is 0.748. The number of aryl methyl sites for hydroxylation is 4. The van der Waals surface area contributed by atoms with E-state index in [2.05, 4.69) is 53.7 Å². The van der Waals surface area contributed by atoms with Gasteiger partial charge in [0.1, 0.15) is 11.5 Å². The predicted octanol–water partition coefficient (Wildman–Crippen LogP) is 5.63. The summed E-state index contributed by atoms with van der Waals surface area (Å²) < 4.78 is 0. The molecule has 2 aromatic carbocycles. The zero-order valence-electron chi connectivity index (χ0n) is 15.8. The largest absolute Gasteiger partial charge is 0.507 e. The van der Waals surface area contributed by atoms with Gasteiger partial charge in [0.05, 0.1) is 0 Å². The second kappa shape index (κ2) is 7.29. The summed E-state index contributed by atoms with van der Waals surface area (Å²) in [6.07, 6.45) is 1.59. The Hall–Kier alpha value is -1.96. The Kier molecular flexibility index (Phi) is 5.58. The van der Waals surface area contributed by atoms with Crippen molar-refractivity contribution in [1.29, 1.82) is 0 Å². The molecule has 0 aliphatic carbocycles. The molecule has 2 heteroatoms. The summed E-state index contributed by atoms with van der Waals surface area (Å²) >= 11 is 0. The Morgan fingerprint density at radius 3 is 1.42 bits per heavy atom. The summed E-state index contributed by atoms with van der Waals surface area (Å²) in [6.45, 7) is 12.5. The lowest BCUT2D eigenvalue weighted by Gasteiger charge is -2.26. The molecule has 2 rings (SSSR count). The van der Waals surface area contributed by atoms with E-state index in [9.17, 15) is 10.2 Å². The van der Waals surface area contributed by atoms with E-state index >= 15 is 0 Å². The molecule has 0 aliphatic rings. The van der Waals surface area contributed by atoms with Crippen molar-refractivity contribution in [3.8, 4) is 11.5 Å². The van der Waals surface area contributed by atoms with Crippen molar-refractivity contribution in [2.75, 3.05) is 0 Å². The molecule has 2 aromatic rings. The van der Waals surface area contributed by atoms with Crippen molar-refractivity contribution < 1.29 is 10.2 Å². The van der Waals surface area contributed by atoms with Crippen LogP contribution in [-0.2, 0) is 12.8 Å². The van der Waals surface area contributed by atoms with Crippen molar-refractivity contribution >= 4 is 0 Å². The first kappa shape index (κ1) is 18.4. The van der Waals surface area contributed by atoms with Crippen LogP contribution in [0, 0.1) is 19.8 Å². The standard InChI is InChI=1S/C22H30O2/c1-7-16-9-14(5)11-18(21(16)23)20(13(3)4)19-12-15(6)10-17(8-2)22(19)24/h9-13,20,23-24H,7-8H2,1-6H3. The number of benzene rings is 2. The van der Waals surface area contributed by atoms with E-state index in [0.29, 0.717) is 11.5 Å². The van der Waals surface area contributed by atoms with Crippen LogP contribution in [0.1, 0.15) is 67.0 Å². The van der Waals surface area contributed by atoms with E-state index in [4.69, 9.17) is 0 Å². The van der Waals surface area contributed by atoms with Crippen LogP contribution in [0.25, 0.3) is 0 Å². The van der Waals surface area contributed by atoms with Gasteiger partial charge in [-0.15, -0.1) is 0 Å². The molecule has 0 saturated carbocycles. The summed E-state index contributed by atoms with van der Waals surface area (Å²) in [5.41, 5.74) is 6.08. The average Bonchev–Trinajstić information content (AvgIpc) is 2.52. The first-order chi connectivity index (χ1) is 11.3.